The van der Waals surface area contributed by atoms with Crippen LogP contribution < -0.4 is 0 Å². The minimum Gasteiger partial charge on any atom is -0.478 e. The predicted octanol–water partition coefficient (Wildman–Crippen LogP) is 2.77. The fourth-order valence-corrected chi connectivity index (χ4v) is 1.45. The minimum absolute atomic E-state index is 0.0277. The molecule has 0 aromatic heterocycles. The van der Waals surface area contributed by atoms with E-state index in [0.717, 1.165) is 12.8 Å². The van der Waals surface area contributed by atoms with Gasteiger partial charge in [0.05, 0.1) is 11.1 Å². The average molecular weight is 266 g/mol. The Morgan fingerprint density at radius 1 is 1.05 bits per heavy atom. The van der Waals surface area contributed by atoms with E-state index in [1.807, 2.05) is 6.92 Å². The molecule has 0 aliphatic heterocycles. The first-order valence-corrected chi connectivity index (χ1v) is 5.86. The van der Waals surface area contributed by atoms with Crippen LogP contribution in [0, 0.1) is 6.92 Å². The van der Waals surface area contributed by atoms with Crippen molar-refractivity contribution >= 4 is 17.7 Å². The second kappa shape index (κ2) is 8.02. The maximum absolute atomic E-state index is 10.6. The number of carbonyl (C=O) groups excluding carboxylic acids is 1. The van der Waals surface area contributed by atoms with Crippen molar-refractivity contribution in [3.63, 3.8) is 0 Å². The molecule has 1 rings (SSSR count). The summed E-state index contributed by atoms with van der Waals surface area (Å²) < 4.78 is 0. The van der Waals surface area contributed by atoms with Gasteiger partial charge < -0.3 is 15.0 Å². The van der Waals surface area contributed by atoms with Crippen molar-refractivity contribution in [2.45, 2.75) is 33.6 Å². The summed E-state index contributed by atoms with van der Waals surface area (Å²) in [7, 11) is 0. The summed E-state index contributed by atoms with van der Waals surface area (Å²) in [5.74, 6) is -1.93. The maximum Gasteiger partial charge on any atom is 0.335 e. The van der Waals surface area contributed by atoms with Crippen LogP contribution in [0.15, 0.2) is 18.2 Å². The highest BCUT2D eigenvalue weighted by Gasteiger charge is 2.13. The van der Waals surface area contributed by atoms with E-state index < -0.39 is 11.9 Å². The SMILES string of the molecule is CCCC(C)=O.Cc1c(C(=O)O)cccc1C(=O)O. The molecule has 0 aliphatic rings. The molecular formula is C14H18O5. The van der Waals surface area contributed by atoms with Gasteiger partial charge in [-0.25, -0.2) is 9.59 Å². The van der Waals surface area contributed by atoms with Gasteiger partial charge in [-0.2, -0.15) is 0 Å². The van der Waals surface area contributed by atoms with Crippen LogP contribution in [0.3, 0.4) is 0 Å². The summed E-state index contributed by atoms with van der Waals surface area (Å²) in [6.45, 7) is 5.10. The molecule has 0 atom stereocenters. The molecule has 104 valence electrons. The van der Waals surface area contributed by atoms with Crippen LogP contribution in [0.5, 0.6) is 0 Å². The van der Waals surface area contributed by atoms with E-state index in [9.17, 15) is 14.4 Å². The Kier molecular flexibility index (Phi) is 7.11. The Hall–Kier alpha value is -2.17. The number of Topliss-reactive ketones (excluding diaryl/α,β-unsaturated/α-hetero) is 1. The van der Waals surface area contributed by atoms with E-state index in [0.29, 0.717) is 0 Å². The van der Waals surface area contributed by atoms with Crippen LogP contribution in [0.25, 0.3) is 0 Å². The first kappa shape index (κ1) is 16.8. The zero-order valence-electron chi connectivity index (χ0n) is 11.3. The molecule has 0 bridgehead atoms. The summed E-state index contributed by atoms with van der Waals surface area (Å²) in [6.07, 6.45) is 1.72. The molecule has 1 aromatic rings. The lowest BCUT2D eigenvalue weighted by molar-refractivity contribution is -0.117. The molecule has 0 radical (unpaired) electrons. The number of rotatable bonds is 4. The molecular weight excluding hydrogens is 248 g/mol. The van der Waals surface area contributed by atoms with Gasteiger partial charge in [-0.15, -0.1) is 0 Å². The largest absolute Gasteiger partial charge is 0.478 e. The van der Waals surface area contributed by atoms with Crippen molar-refractivity contribution in [1.82, 2.24) is 0 Å². The number of carboxylic acids is 2. The van der Waals surface area contributed by atoms with Crippen molar-refractivity contribution in [2.24, 2.45) is 0 Å². The highest BCUT2D eigenvalue weighted by Crippen LogP contribution is 2.13. The van der Waals surface area contributed by atoms with Crippen molar-refractivity contribution in [1.29, 1.82) is 0 Å². The van der Waals surface area contributed by atoms with E-state index in [-0.39, 0.29) is 22.5 Å². The lowest BCUT2D eigenvalue weighted by Crippen LogP contribution is -2.06. The highest BCUT2D eigenvalue weighted by molar-refractivity contribution is 5.96. The smallest absolute Gasteiger partial charge is 0.335 e. The van der Waals surface area contributed by atoms with Gasteiger partial charge in [0.1, 0.15) is 5.78 Å². The van der Waals surface area contributed by atoms with Gasteiger partial charge in [-0.05, 0) is 38.0 Å². The molecule has 0 heterocycles. The van der Waals surface area contributed by atoms with Gasteiger partial charge in [0, 0.05) is 6.42 Å². The Labute approximate surface area is 111 Å². The molecule has 19 heavy (non-hydrogen) atoms. The molecule has 2 N–H and O–H groups in total. The second-order valence-electron chi connectivity index (χ2n) is 4.04. The molecule has 0 amide bonds. The van der Waals surface area contributed by atoms with Gasteiger partial charge in [-0.3, -0.25) is 0 Å². The Morgan fingerprint density at radius 3 is 1.68 bits per heavy atom. The zero-order valence-corrected chi connectivity index (χ0v) is 11.3. The number of carboxylic acid groups (broad SMARTS) is 2. The van der Waals surface area contributed by atoms with Crippen molar-refractivity contribution in [2.75, 3.05) is 0 Å². The Bertz CT molecular complexity index is 444. The van der Waals surface area contributed by atoms with E-state index in [4.69, 9.17) is 10.2 Å². The number of hydrogen-bond donors (Lipinski definition) is 2. The van der Waals surface area contributed by atoms with E-state index in [1.165, 1.54) is 25.1 Å². The molecule has 0 aliphatic carbocycles. The number of ketones is 1. The number of hydrogen-bond acceptors (Lipinski definition) is 3. The third-order valence-corrected chi connectivity index (χ3v) is 2.40. The van der Waals surface area contributed by atoms with E-state index in [2.05, 4.69) is 0 Å². The molecule has 1 aromatic carbocycles. The molecule has 0 saturated heterocycles. The lowest BCUT2D eigenvalue weighted by Gasteiger charge is -2.03. The maximum atomic E-state index is 10.6. The molecule has 0 fully saturated rings. The fourth-order valence-electron chi connectivity index (χ4n) is 1.45. The topological polar surface area (TPSA) is 91.7 Å². The van der Waals surface area contributed by atoms with Crippen molar-refractivity contribution < 1.29 is 24.6 Å². The van der Waals surface area contributed by atoms with E-state index >= 15 is 0 Å². The second-order valence-corrected chi connectivity index (χ2v) is 4.04. The third kappa shape index (κ3) is 5.81. The average Bonchev–Trinajstić information content (AvgIpc) is 2.28. The standard InChI is InChI=1S/C9H8O4.C5H10O/c1-5-6(8(10)11)3-2-4-7(5)9(12)13;1-3-4-5(2)6/h2-4H,1H3,(H,10,11)(H,12,13);3-4H2,1-2H3. The zero-order chi connectivity index (χ0) is 15.0. The molecule has 5 heteroatoms. The van der Waals surface area contributed by atoms with Crippen LogP contribution >= 0.6 is 0 Å². The van der Waals surface area contributed by atoms with Gasteiger partial charge in [0.15, 0.2) is 0 Å². The Balaban J connectivity index is 0.000000459. The van der Waals surface area contributed by atoms with Gasteiger partial charge in [-0.1, -0.05) is 13.0 Å². The van der Waals surface area contributed by atoms with Gasteiger partial charge in [0.2, 0.25) is 0 Å². The first-order chi connectivity index (χ1) is 8.81. The molecule has 0 saturated carbocycles. The van der Waals surface area contributed by atoms with E-state index in [1.54, 1.807) is 6.92 Å². The third-order valence-electron chi connectivity index (χ3n) is 2.40. The molecule has 0 spiro atoms. The van der Waals surface area contributed by atoms with Crippen molar-refractivity contribution in [3.8, 4) is 0 Å². The van der Waals surface area contributed by atoms with Crippen LogP contribution in [-0.2, 0) is 4.79 Å². The normalized spacial score (nSPS) is 9.21. The van der Waals surface area contributed by atoms with Crippen LogP contribution in [0.4, 0.5) is 0 Å². The monoisotopic (exact) mass is 266 g/mol. The quantitative estimate of drug-likeness (QED) is 0.874. The summed E-state index contributed by atoms with van der Waals surface area (Å²) in [5.41, 5.74) is 0.335. The summed E-state index contributed by atoms with van der Waals surface area (Å²) in [5, 5.41) is 17.4. The van der Waals surface area contributed by atoms with Crippen LogP contribution in [-0.4, -0.2) is 27.9 Å². The Morgan fingerprint density at radius 2 is 1.47 bits per heavy atom. The lowest BCUT2D eigenvalue weighted by atomic mass is 10.0. The fraction of sp³-hybridized carbons (Fsp3) is 0.357. The van der Waals surface area contributed by atoms with Crippen molar-refractivity contribution in [3.05, 3.63) is 34.9 Å². The number of aromatic carboxylic acids is 2. The van der Waals surface area contributed by atoms with Gasteiger partial charge >= 0.3 is 11.9 Å². The van der Waals surface area contributed by atoms with Crippen LogP contribution in [0.1, 0.15) is 53.0 Å². The number of benzene rings is 1. The summed E-state index contributed by atoms with van der Waals surface area (Å²) in [4.78, 5) is 31.3. The van der Waals surface area contributed by atoms with Gasteiger partial charge in [0.25, 0.3) is 0 Å². The van der Waals surface area contributed by atoms with Crippen LogP contribution in [0.2, 0.25) is 0 Å². The first-order valence-electron chi connectivity index (χ1n) is 5.86. The number of carbonyl (C=O) groups is 3. The molecule has 5 nitrogen and oxygen atoms in total. The summed E-state index contributed by atoms with van der Waals surface area (Å²) in [6, 6.07) is 4.17. The molecule has 0 unspecified atom stereocenters. The minimum atomic E-state index is -1.11. The predicted molar refractivity (Wildman–Crippen MR) is 70.7 cm³/mol. The summed E-state index contributed by atoms with van der Waals surface area (Å²) >= 11 is 0. The highest BCUT2D eigenvalue weighted by atomic mass is 16.4.